The fourth-order valence-corrected chi connectivity index (χ4v) is 3.85. The van der Waals surface area contributed by atoms with Crippen LogP contribution in [0.1, 0.15) is 15.9 Å². The molecule has 0 saturated heterocycles. The molecule has 190 valence electrons. The summed E-state index contributed by atoms with van der Waals surface area (Å²) in [5, 5.41) is 18.6. The molecule has 0 atom stereocenters. The van der Waals surface area contributed by atoms with E-state index in [0.29, 0.717) is 38.4 Å². The van der Waals surface area contributed by atoms with Gasteiger partial charge in [0.25, 0.3) is 0 Å². The molecule has 38 heavy (non-hydrogen) atoms. The van der Waals surface area contributed by atoms with E-state index in [9.17, 15) is 9.59 Å². The number of hydrogen-bond acceptors (Lipinski definition) is 6. The van der Waals surface area contributed by atoms with E-state index in [-0.39, 0.29) is 18.1 Å². The summed E-state index contributed by atoms with van der Waals surface area (Å²) >= 11 is 12.2. The fraction of sp³-hybridized carbons (Fsp3) is 0.0690. The molecule has 0 aliphatic carbocycles. The second kappa shape index (κ2) is 12.2. The number of carbonyl (C=O) groups is 2. The van der Waals surface area contributed by atoms with Crippen molar-refractivity contribution in [3.8, 4) is 40.2 Å². The highest BCUT2D eigenvalue weighted by Crippen LogP contribution is 2.35. The van der Waals surface area contributed by atoms with Gasteiger partial charge in [0, 0.05) is 21.7 Å². The van der Waals surface area contributed by atoms with Crippen molar-refractivity contribution < 1.29 is 28.9 Å². The molecule has 0 saturated carbocycles. The Labute approximate surface area is 228 Å². The monoisotopic (exact) mass is 547 g/mol. The van der Waals surface area contributed by atoms with Crippen LogP contribution < -0.4 is 14.2 Å². The van der Waals surface area contributed by atoms with E-state index in [0.717, 1.165) is 11.1 Å². The highest BCUT2D eigenvalue weighted by Gasteiger charge is 2.13. The van der Waals surface area contributed by atoms with Crippen molar-refractivity contribution in [3.05, 3.63) is 106 Å². The normalized spacial score (nSPS) is 10.3. The van der Waals surface area contributed by atoms with Gasteiger partial charge < -0.3 is 19.3 Å². The second-order valence-corrected chi connectivity index (χ2v) is 8.85. The number of carboxylic acids is 1. The summed E-state index contributed by atoms with van der Waals surface area (Å²) in [7, 11) is 0. The van der Waals surface area contributed by atoms with E-state index in [1.165, 1.54) is 12.1 Å². The number of nitriles is 1. The van der Waals surface area contributed by atoms with Gasteiger partial charge in [-0.1, -0.05) is 59.6 Å². The Bertz CT molecular complexity index is 1510. The molecule has 0 radical (unpaired) electrons. The zero-order valence-electron chi connectivity index (χ0n) is 19.7. The summed E-state index contributed by atoms with van der Waals surface area (Å²) in [6, 6.07) is 25.3. The Kier molecular flexibility index (Phi) is 8.49. The van der Waals surface area contributed by atoms with Gasteiger partial charge in [-0.05, 0) is 53.6 Å². The maximum absolute atomic E-state index is 12.8. The van der Waals surface area contributed by atoms with Crippen LogP contribution >= 0.6 is 23.2 Å². The van der Waals surface area contributed by atoms with Gasteiger partial charge in [0.1, 0.15) is 11.5 Å². The summed E-state index contributed by atoms with van der Waals surface area (Å²) in [5.41, 5.74) is 2.54. The molecule has 1 N–H and O–H groups in total. The van der Waals surface area contributed by atoms with Crippen molar-refractivity contribution in [1.29, 1.82) is 5.26 Å². The third-order valence-corrected chi connectivity index (χ3v) is 5.70. The van der Waals surface area contributed by atoms with Gasteiger partial charge in [-0.2, -0.15) is 5.26 Å². The zero-order chi connectivity index (χ0) is 27.1. The van der Waals surface area contributed by atoms with Gasteiger partial charge in [0.2, 0.25) is 0 Å². The SMILES string of the molecule is N#Cc1cc(Cl)cc(Oc2cc(Cl)ccc2OCC(=O)c2ccc(-c3ccc(OCC(=O)O)cc3)cc2)c1. The van der Waals surface area contributed by atoms with Gasteiger partial charge in [-0.25, -0.2) is 4.79 Å². The van der Waals surface area contributed by atoms with Crippen LogP contribution in [0.25, 0.3) is 11.1 Å². The molecular weight excluding hydrogens is 529 g/mol. The lowest BCUT2D eigenvalue weighted by Crippen LogP contribution is -2.12. The van der Waals surface area contributed by atoms with Crippen LogP contribution in [-0.4, -0.2) is 30.1 Å². The van der Waals surface area contributed by atoms with E-state index in [1.54, 1.807) is 60.7 Å². The Morgan fingerprint density at radius 1 is 0.737 bits per heavy atom. The number of ether oxygens (including phenoxy) is 3. The minimum atomic E-state index is -1.05. The first kappa shape index (κ1) is 26.6. The van der Waals surface area contributed by atoms with Crippen molar-refractivity contribution >= 4 is 35.0 Å². The largest absolute Gasteiger partial charge is 0.482 e. The number of benzene rings is 4. The van der Waals surface area contributed by atoms with Crippen LogP contribution in [0.2, 0.25) is 10.0 Å². The average Bonchev–Trinajstić information content (AvgIpc) is 2.91. The van der Waals surface area contributed by atoms with Crippen LogP contribution in [0, 0.1) is 11.3 Å². The number of hydrogen-bond donors (Lipinski definition) is 1. The molecule has 0 heterocycles. The molecule has 9 heteroatoms. The highest BCUT2D eigenvalue weighted by molar-refractivity contribution is 6.31. The summed E-state index contributed by atoms with van der Waals surface area (Å²) in [6.45, 7) is -0.656. The van der Waals surface area contributed by atoms with Crippen LogP contribution in [0.3, 0.4) is 0 Å². The average molecular weight is 548 g/mol. The van der Waals surface area contributed by atoms with E-state index < -0.39 is 12.6 Å². The number of carboxylic acid groups (broad SMARTS) is 1. The Balaban J connectivity index is 1.42. The standard InChI is InChI=1S/C29H19Cl2NO6/c30-22-7-10-27(28(14-22)38-25-12-18(15-32)11-23(31)13-25)37-16-26(33)21-3-1-19(2-4-21)20-5-8-24(9-6-20)36-17-29(34)35/h1-14H,16-17H2,(H,34,35). The van der Waals surface area contributed by atoms with Gasteiger partial charge in [-0.15, -0.1) is 0 Å². The Morgan fingerprint density at radius 2 is 1.42 bits per heavy atom. The lowest BCUT2D eigenvalue weighted by molar-refractivity contribution is -0.139. The number of ketones is 1. The first-order valence-electron chi connectivity index (χ1n) is 11.2. The summed E-state index contributed by atoms with van der Waals surface area (Å²) in [6.07, 6.45) is 0. The number of aliphatic carboxylic acids is 1. The smallest absolute Gasteiger partial charge is 0.341 e. The molecule has 0 fully saturated rings. The minimum absolute atomic E-state index is 0.244. The molecule has 4 rings (SSSR count). The van der Waals surface area contributed by atoms with Crippen molar-refractivity contribution in [2.45, 2.75) is 0 Å². The highest BCUT2D eigenvalue weighted by atomic mass is 35.5. The van der Waals surface area contributed by atoms with E-state index >= 15 is 0 Å². The van der Waals surface area contributed by atoms with Gasteiger partial charge >= 0.3 is 5.97 Å². The molecule has 0 bridgehead atoms. The molecule has 0 amide bonds. The number of nitrogens with zero attached hydrogens (tertiary/aromatic N) is 1. The maximum Gasteiger partial charge on any atom is 0.341 e. The van der Waals surface area contributed by atoms with Crippen molar-refractivity contribution in [3.63, 3.8) is 0 Å². The van der Waals surface area contributed by atoms with Crippen LogP contribution in [0.5, 0.6) is 23.0 Å². The third-order valence-electron chi connectivity index (χ3n) is 5.25. The van der Waals surface area contributed by atoms with Crippen molar-refractivity contribution in [1.82, 2.24) is 0 Å². The molecule has 0 unspecified atom stereocenters. The van der Waals surface area contributed by atoms with Crippen LogP contribution in [0.4, 0.5) is 0 Å². The number of rotatable bonds is 10. The van der Waals surface area contributed by atoms with Gasteiger partial charge in [0.15, 0.2) is 30.5 Å². The predicted octanol–water partition coefficient (Wildman–Crippen LogP) is 7.05. The summed E-state index contributed by atoms with van der Waals surface area (Å²) in [4.78, 5) is 23.4. The quantitative estimate of drug-likeness (QED) is 0.212. The molecule has 0 aliphatic rings. The van der Waals surface area contributed by atoms with Crippen LogP contribution in [0.15, 0.2) is 84.9 Å². The predicted molar refractivity (Wildman–Crippen MR) is 143 cm³/mol. The van der Waals surface area contributed by atoms with Gasteiger partial charge in [0.05, 0.1) is 11.6 Å². The zero-order valence-corrected chi connectivity index (χ0v) is 21.2. The van der Waals surface area contributed by atoms with Crippen LogP contribution in [-0.2, 0) is 4.79 Å². The first-order valence-corrected chi connectivity index (χ1v) is 12.0. The van der Waals surface area contributed by atoms with E-state index in [2.05, 4.69) is 0 Å². The topological polar surface area (TPSA) is 106 Å². The molecule has 4 aromatic carbocycles. The molecule has 0 spiro atoms. The van der Waals surface area contributed by atoms with E-state index in [1.807, 2.05) is 18.2 Å². The van der Waals surface area contributed by atoms with E-state index in [4.69, 9.17) is 47.8 Å². The lowest BCUT2D eigenvalue weighted by atomic mass is 10.0. The number of halogens is 2. The Hall–Kier alpha value is -4.51. The van der Waals surface area contributed by atoms with Crippen molar-refractivity contribution in [2.75, 3.05) is 13.2 Å². The second-order valence-electron chi connectivity index (χ2n) is 7.98. The maximum atomic E-state index is 12.8. The summed E-state index contributed by atoms with van der Waals surface area (Å²) < 4.78 is 16.7. The van der Waals surface area contributed by atoms with Crippen molar-refractivity contribution in [2.24, 2.45) is 0 Å². The minimum Gasteiger partial charge on any atom is -0.482 e. The molecule has 7 nitrogen and oxygen atoms in total. The lowest BCUT2D eigenvalue weighted by Gasteiger charge is -2.13. The first-order chi connectivity index (χ1) is 18.3. The number of Topliss-reactive ketones (excluding diaryl/α,β-unsaturated/α-hetero) is 1. The Morgan fingerprint density at radius 3 is 2.08 bits per heavy atom. The molecule has 0 aromatic heterocycles. The molecule has 0 aliphatic heterocycles. The molecule has 4 aromatic rings. The summed E-state index contributed by atoms with van der Waals surface area (Å²) in [5.74, 6) is 0.0412. The third kappa shape index (κ3) is 7.04. The number of carbonyl (C=O) groups excluding carboxylic acids is 1. The fourth-order valence-electron chi connectivity index (χ4n) is 3.46. The molecular formula is C29H19Cl2NO6. The van der Waals surface area contributed by atoms with Gasteiger partial charge in [-0.3, -0.25) is 4.79 Å².